The largest absolute Gasteiger partial charge is 0.444 e. The first-order chi connectivity index (χ1) is 16.0. The average molecular weight is 504 g/mol. The van der Waals surface area contributed by atoms with Crippen molar-refractivity contribution in [1.29, 1.82) is 0 Å². The molecule has 2 aromatic carbocycles. The number of nitrogens with one attached hydrogen (secondary N) is 1. The number of fused-ring (bicyclic) bond motifs is 1. The van der Waals surface area contributed by atoms with Crippen LogP contribution in [0.5, 0.6) is 0 Å². The topological polar surface area (TPSA) is 70.6 Å². The Morgan fingerprint density at radius 1 is 1.12 bits per heavy atom. The lowest BCUT2D eigenvalue weighted by Gasteiger charge is -2.60. The van der Waals surface area contributed by atoms with Crippen LogP contribution in [0.3, 0.4) is 0 Å². The van der Waals surface area contributed by atoms with Gasteiger partial charge in [0.15, 0.2) is 5.82 Å². The van der Waals surface area contributed by atoms with Gasteiger partial charge in [0.2, 0.25) is 0 Å². The van der Waals surface area contributed by atoms with Crippen molar-refractivity contribution < 1.29 is 13.9 Å². The number of carbonyl (C=O) groups is 1. The Morgan fingerprint density at radius 3 is 2.56 bits per heavy atom. The molecule has 5 rings (SSSR count). The van der Waals surface area contributed by atoms with E-state index in [1.54, 1.807) is 4.90 Å². The van der Waals surface area contributed by atoms with Crippen LogP contribution in [0.4, 0.5) is 26.4 Å². The van der Waals surface area contributed by atoms with Crippen LogP contribution in [0.15, 0.2) is 36.7 Å². The van der Waals surface area contributed by atoms with E-state index < -0.39 is 11.4 Å². The summed E-state index contributed by atoms with van der Waals surface area (Å²) in [5.74, 6) is -0.166. The monoisotopic (exact) mass is 503 g/mol. The number of nitrogens with zero attached hydrogens (tertiary/aromatic N) is 4. The van der Waals surface area contributed by atoms with Crippen molar-refractivity contribution >= 4 is 57.4 Å². The third kappa shape index (κ3) is 4.20. The maximum absolute atomic E-state index is 14.6. The summed E-state index contributed by atoms with van der Waals surface area (Å²) in [7, 11) is 0. The molecule has 34 heavy (non-hydrogen) atoms. The van der Waals surface area contributed by atoms with Gasteiger partial charge in [-0.1, -0.05) is 23.2 Å². The number of carbonyl (C=O) groups excluding carboxylic acids is 1. The number of amides is 1. The first kappa shape index (κ1) is 22.9. The molecule has 0 saturated carbocycles. The quantitative estimate of drug-likeness (QED) is 0.450. The molecule has 0 radical (unpaired) electrons. The second-order valence-corrected chi connectivity index (χ2v) is 10.7. The van der Waals surface area contributed by atoms with Gasteiger partial charge in [-0.25, -0.2) is 19.2 Å². The minimum Gasteiger partial charge on any atom is -0.444 e. The normalized spacial score (nSPS) is 16.9. The van der Waals surface area contributed by atoms with Crippen molar-refractivity contribution in [2.24, 2.45) is 5.41 Å². The van der Waals surface area contributed by atoms with Crippen molar-refractivity contribution in [1.82, 2.24) is 14.9 Å². The average Bonchev–Trinajstić information content (AvgIpc) is 2.71. The van der Waals surface area contributed by atoms with Crippen LogP contribution in [0.25, 0.3) is 10.9 Å². The van der Waals surface area contributed by atoms with E-state index in [2.05, 4.69) is 20.2 Å². The van der Waals surface area contributed by atoms with Crippen LogP contribution in [0, 0.1) is 11.2 Å². The molecule has 7 nitrogen and oxygen atoms in total. The predicted octanol–water partition coefficient (Wildman–Crippen LogP) is 5.88. The molecule has 0 atom stereocenters. The molecule has 1 N–H and O–H groups in total. The van der Waals surface area contributed by atoms with E-state index in [0.717, 1.165) is 29.7 Å². The highest BCUT2D eigenvalue weighted by molar-refractivity contribution is 6.42. The second kappa shape index (κ2) is 8.13. The Bertz CT molecular complexity index is 1280. The van der Waals surface area contributed by atoms with Gasteiger partial charge >= 0.3 is 6.09 Å². The van der Waals surface area contributed by atoms with Crippen molar-refractivity contribution in [3.8, 4) is 0 Å². The van der Waals surface area contributed by atoms with Gasteiger partial charge in [-0.3, -0.25) is 0 Å². The summed E-state index contributed by atoms with van der Waals surface area (Å²) in [6, 6.07) is 8.97. The summed E-state index contributed by atoms with van der Waals surface area (Å²) < 4.78 is 20.0. The lowest BCUT2D eigenvalue weighted by molar-refractivity contribution is -0.0452. The van der Waals surface area contributed by atoms with Crippen LogP contribution in [-0.4, -0.2) is 52.7 Å². The highest BCUT2D eigenvalue weighted by atomic mass is 35.5. The molecular weight excluding hydrogens is 480 g/mol. The van der Waals surface area contributed by atoms with Crippen molar-refractivity contribution in [2.45, 2.75) is 26.4 Å². The zero-order chi connectivity index (χ0) is 24.3. The molecular formula is C24H24Cl2FN5O2. The molecule has 3 heterocycles. The first-order valence-corrected chi connectivity index (χ1v) is 11.7. The smallest absolute Gasteiger partial charge is 0.410 e. The fourth-order valence-electron chi connectivity index (χ4n) is 4.46. The van der Waals surface area contributed by atoms with E-state index in [4.69, 9.17) is 27.9 Å². The summed E-state index contributed by atoms with van der Waals surface area (Å²) >= 11 is 11.8. The molecule has 2 aliphatic heterocycles. The summed E-state index contributed by atoms with van der Waals surface area (Å²) in [6.07, 6.45) is 1.17. The Hall–Kier alpha value is -2.84. The number of hydrogen-bond donors (Lipinski definition) is 1. The number of hydrogen-bond acceptors (Lipinski definition) is 6. The molecule has 0 unspecified atom stereocenters. The predicted molar refractivity (Wildman–Crippen MR) is 132 cm³/mol. The first-order valence-electron chi connectivity index (χ1n) is 10.9. The maximum Gasteiger partial charge on any atom is 0.410 e. The molecule has 0 bridgehead atoms. The fourth-order valence-corrected chi connectivity index (χ4v) is 4.77. The minimum absolute atomic E-state index is 0.101. The molecule has 2 saturated heterocycles. The molecule has 3 aromatic rings. The number of anilines is 3. The van der Waals surface area contributed by atoms with Crippen molar-refractivity contribution in [2.75, 3.05) is 36.4 Å². The van der Waals surface area contributed by atoms with E-state index in [9.17, 15) is 9.18 Å². The number of aromatic nitrogens is 2. The van der Waals surface area contributed by atoms with E-state index in [0.29, 0.717) is 18.9 Å². The Kier molecular flexibility index (Phi) is 5.48. The van der Waals surface area contributed by atoms with Gasteiger partial charge in [-0.15, -0.1) is 0 Å². The lowest BCUT2D eigenvalue weighted by Crippen LogP contribution is -2.73. The zero-order valence-corrected chi connectivity index (χ0v) is 20.5. The SMILES string of the molecule is CC(C)(C)OC(=O)N1CC2(C1)CN(c1ccc3ncnc(Nc4ccc(Cl)c(Cl)c4F)c3c1)C2. The number of ether oxygens (including phenoxy) is 1. The van der Waals surface area contributed by atoms with Crippen LogP contribution in [0.2, 0.25) is 10.0 Å². The van der Waals surface area contributed by atoms with Crippen molar-refractivity contribution in [3.63, 3.8) is 0 Å². The van der Waals surface area contributed by atoms with Crippen LogP contribution >= 0.6 is 23.2 Å². The number of benzene rings is 2. The van der Waals surface area contributed by atoms with E-state index in [1.807, 2.05) is 39.0 Å². The number of halogens is 3. The lowest BCUT2D eigenvalue weighted by atomic mass is 9.73. The van der Waals surface area contributed by atoms with Gasteiger partial charge in [0.25, 0.3) is 0 Å². The molecule has 10 heteroatoms. The summed E-state index contributed by atoms with van der Waals surface area (Å²) in [5, 5.41) is 3.78. The summed E-state index contributed by atoms with van der Waals surface area (Å²) in [6.45, 7) is 8.68. The number of rotatable bonds is 3. The molecule has 2 aliphatic rings. The minimum atomic E-state index is -0.638. The Labute approximate surface area is 206 Å². The molecule has 1 spiro atoms. The van der Waals surface area contributed by atoms with Crippen LogP contribution in [-0.2, 0) is 4.74 Å². The van der Waals surface area contributed by atoms with Gasteiger partial charge < -0.3 is 19.9 Å². The zero-order valence-electron chi connectivity index (χ0n) is 19.0. The molecule has 2 fully saturated rings. The standard InChI is InChI=1S/C24H24Cl2FN5O2/c1-23(2,3)34-22(33)32-11-24(12-32)9-31(10-24)14-4-6-17-15(8-14)21(29-13-28-17)30-18-7-5-16(25)19(26)20(18)27/h4-8,13H,9-12H2,1-3H3,(H,28,29,30). The molecule has 0 aliphatic carbocycles. The van der Waals surface area contributed by atoms with Crippen LogP contribution < -0.4 is 10.2 Å². The van der Waals surface area contributed by atoms with Crippen LogP contribution in [0.1, 0.15) is 20.8 Å². The van der Waals surface area contributed by atoms with Gasteiger partial charge in [0.1, 0.15) is 17.7 Å². The van der Waals surface area contributed by atoms with E-state index >= 15 is 0 Å². The second-order valence-electron chi connectivity index (χ2n) is 9.96. The maximum atomic E-state index is 14.6. The Balaban J connectivity index is 1.30. The van der Waals surface area contributed by atoms with E-state index in [1.165, 1.54) is 18.5 Å². The van der Waals surface area contributed by atoms with Gasteiger partial charge in [0, 0.05) is 42.7 Å². The fraction of sp³-hybridized carbons (Fsp3) is 0.375. The molecule has 1 aromatic heterocycles. The molecule has 1 amide bonds. The summed E-state index contributed by atoms with van der Waals surface area (Å²) in [5.41, 5.74) is 1.53. The van der Waals surface area contributed by atoms with Crippen molar-refractivity contribution in [3.05, 3.63) is 52.5 Å². The van der Waals surface area contributed by atoms with Gasteiger partial charge in [0.05, 0.1) is 21.2 Å². The Morgan fingerprint density at radius 2 is 1.85 bits per heavy atom. The van der Waals surface area contributed by atoms with E-state index in [-0.39, 0.29) is 27.2 Å². The highest BCUT2D eigenvalue weighted by Gasteiger charge is 2.54. The highest BCUT2D eigenvalue weighted by Crippen LogP contribution is 2.43. The third-order valence-electron chi connectivity index (χ3n) is 6.03. The van der Waals surface area contributed by atoms with Gasteiger partial charge in [-0.2, -0.15) is 0 Å². The third-order valence-corrected chi connectivity index (χ3v) is 6.81. The molecule has 178 valence electrons. The summed E-state index contributed by atoms with van der Waals surface area (Å²) in [4.78, 5) is 24.9. The number of likely N-dealkylation sites (tertiary alicyclic amines) is 1. The van der Waals surface area contributed by atoms with Gasteiger partial charge in [-0.05, 0) is 51.1 Å².